The van der Waals surface area contributed by atoms with Gasteiger partial charge in [-0.15, -0.1) is 0 Å². The molecule has 0 aliphatic heterocycles. The Morgan fingerprint density at radius 2 is 1.53 bits per heavy atom. The van der Waals surface area contributed by atoms with E-state index in [0.29, 0.717) is 27.2 Å². The van der Waals surface area contributed by atoms with E-state index in [1.807, 2.05) is 0 Å². The first-order valence-electron chi connectivity index (χ1n) is 11.6. The monoisotopic (exact) mass is 524 g/mol. The number of aromatic amines is 2. The molecule has 3 N–H and O–H groups in total. The molecule has 7 nitrogen and oxygen atoms in total. The predicted octanol–water partition coefficient (Wildman–Crippen LogP) is 4.39. The normalized spacial score (nSPS) is 13.1. The van der Waals surface area contributed by atoms with Crippen LogP contribution in [-0.2, 0) is 11.2 Å². The molecular weight excluding hydrogens is 504 g/mol. The molecule has 0 saturated carbocycles. The van der Waals surface area contributed by atoms with Gasteiger partial charge < -0.3 is 15.3 Å². The molecule has 38 heavy (non-hydrogen) atoms. The van der Waals surface area contributed by atoms with Gasteiger partial charge in [0.2, 0.25) is 5.91 Å². The topological polar surface area (TPSA) is 99.8 Å². The Bertz CT molecular complexity index is 1830. The molecule has 0 unspecified atom stereocenters. The van der Waals surface area contributed by atoms with Crippen LogP contribution in [-0.4, -0.2) is 20.4 Å². The van der Waals surface area contributed by atoms with Gasteiger partial charge in [-0.2, -0.15) is 0 Å². The van der Waals surface area contributed by atoms with Crippen molar-refractivity contribution >= 4 is 27.7 Å². The first-order valence-corrected chi connectivity index (χ1v) is 11.6. The Hall–Kier alpha value is -4.67. The molecule has 0 fully saturated rings. The van der Waals surface area contributed by atoms with Crippen LogP contribution in [0.2, 0.25) is 0 Å². The van der Waals surface area contributed by atoms with Crippen molar-refractivity contribution in [1.29, 1.82) is 0 Å². The van der Waals surface area contributed by atoms with Crippen LogP contribution in [0.5, 0.6) is 0 Å². The van der Waals surface area contributed by atoms with Crippen LogP contribution in [0.15, 0.2) is 70.3 Å². The first-order chi connectivity index (χ1) is 18.1. The number of fused-ring (bicyclic) bond motifs is 2. The van der Waals surface area contributed by atoms with Gasteiger partial charge in [0.1, 0.15) is 29.3 Å². The van der Waals surface area contributed by atoms with Gasteiger partial charge in [0.25, 0.3) is 5.56 Å². The Balaban J connectivity index is 1.59. The van der Waals surface area contributed by atoms with Gasteiger partial charge in [0.15, 0.2) is 0 Å². The average molecular weight is 524 g/mol. The molecule has 194 valence electrons. The van der Waals surface area contributed by atoms with Gasteiger partial charge in [-0.05, 0) is 55.5 Å². The molecule has 0 aliphatic carbocycles. The van der Waals surface area contributed by atoms with Gasteiger partial charge in [-0.25, -0.2) is 26.9 Å². The van der Waals surface area contributed by atoms with Crippen molar-refractivity contribution in [1.82, 2.24) is 19.9 Å². The van der Waals surface area contributed by atoms with E-state index in [2.05, 4.69) is 15.3 Å². The summed E-state index contributed by atoms with van der Waals surface area (Å²) < 4.78 is 56.0. The van der Waals surface area contributed by atoms with Gasteiger partial charge in [0.05, 0.1) is 16.9 Å². The lowest BCUT2D eigenvalue weighted by molar-refractivity contribution is -0.125. The minimum absolute atomic E-state index is 0.0126. The second-order valence-electron chi connectivity index (χ2n) is 8.94. The quantitative estimate of drug-likeness (QED) is 0.287. The molecule has 2 atom stereocenters. The summed E-state index contributed by atoms with van der Waals surface area (Å²) in [5, 5.41) is 2.92. The summed E-state index contributed by atoms with van der Waals surface area (Å²) in [4.78, 5) is 45.4. The van der Waals surface area contributed by atoms with Crippen LogP contribution in [0.25, 0.3) is 21.8 Å². The summed E-state index contributed by atoms with van der Waals surface area (Å²) in [6.45, 7) is 1.46. The molecule has 3 aromatic carbocycles. The largest absolute Gasteiger partial charge is 0.358 e. The zero-order chi connectivity index (χ0) is 27.1. The number of hydrogen-bond donors (Lipinski definition) is 3. The number of amides is 1. The van der Waals surface area contributed by atoms with Crippen molar-refractivity contribution in [2.24, 2.45) is 0 Å². The van der Waals surface area contributed by atoms with Crippen molar-refractivity contribution in [2.75, 3.05) is 0 Å². The van der Waals surface area contributed by atoms with Crippen LogP contribution < -0.4 is 16.6 Å². The van der Waals surface area contributed by atoms with Crippen molar-refractivity contribution in [3.05, 3.63) is 116 Å². The molecule has 5 aromatic rings. The standard InChI is InChI=1S/C27H20F4N4O3/c1-13(19-5-2-17(30)11-21(19)31)32-25(36)24(12-18-9-14-8-15(28)3-6-22(14)33-18)35-26(37)20-10-16(29)4-7-23(20)34-27(35)38/h2-11,13,24,33H,12H2,1H3,(H,32,36)(H,34,38)/t13-,24+/m1/s1. The van der Waals surface area contributed by atoms with Crippen molar-refractivity contribution in [3.63, 3.8) is 0 Å². The maximum Gasteiger partial charge on any atom is 0.329 e. The van der Waals surface area contributed by atoms with Crippen molar-refractivity contribution in [2.45, 2.75) is 25.4 Å². The van der Waals surface area contributed by atoms with Crippen molar-refractivity contribution < 1.29 is 22.4 Å². The van der Waals surface area contributed by atoms with E-state index in [9.17, 15) is 31.9 Å². The number of benzene rings is 3. The van der Waals surface area contributed by atoms with Crippen molar-refractivity contribution in [3.8, 4) is 0 Å². The lowest BCUT2D eigenvalue weighted by atomic mass is 10.1. The summed E-state index contributed by atoms with van der Waals surface area (Å²) in [6.07, 6.45) is -0.218. The molecule has 0 radical (unpaired) electrons. The highest BCUT2D eigenvalue weighted by molar-refractivity contribution is 5.84. The highest BCUT2D eigenvalue weighted by Gasteiger charge is 2.28. The first kappa shape index (κ1) is 25.0. The van der Waals surface area contributed by atoms with E-state index < -0.39 is 52.5 Å². The number of hydrogen-bond acceptors (Lipinski definition) is 3. The molecule has 1 amide bonds. The maximum atomic E-state index is 14.3. The number of rotatable bonds is 6. The fourth-order valence-corrected chi connectivity index (χ4v) is 4.51. The summed E-state index contributed by atoms with van der Waals surface area (Å²) >= 11 is 0. The Morgan fingerprint density at radius 1 is 0.868 bits per heavy atom. The fourth-order valence-electron chi connectivity index (χ4n) is 4.51. The number of carbonyl (C=O) groups excluding carboxylic acids is 1. The minimum atomic E-state index is -1.47. The second-order valence-corrected chi connectivity index (χ2v) is 8.94. The number of nitrogens with one attached hydrogen (secondary N) is 3. The third-order valence-corrected chi connectivity index (χ3v) is 6.35. The summed E-state index contributed by atoms with van der Waals surface area (Å²) in [6, 6.07) is 9.31. The Morgan fingerprint density at radius 3 is 2.26 bits per heavy atom. The van der Waals surface area contributed by atoms with E-state index >= 15 is 0 Å². The van der Waals surface area contributed by atoms with E-state index in [1.54, 1.807) is 6.07 Å². The molecule has 2 aromatic heterocycles. The molecular formula is C27H20F4N4O3. The van der Waals surface area contributed by atoms with Crippen LogP contribution in [0, 0.1) is 23.3 Å². The smallest absolute Gasteiger partial charge is 0.329 e. The fraction of sp³-hybridized carbons (Fsp3) is 0.148. The maximum absolute atomic E-state index is 14.3. The summed E-state index contributed by atoms with van der Waals surface area (Å²) in [5.74, 6) is -3.69. The Labute approximate surface area is 211 Å². The second kappa shape index (κ2) is 9.66. The third-order valence-electron chi connectivity index (χ3n) is 6.35. The molecule has 0 bridgehead atoms. The average Bonchev–Trinajstić information content (AvgIpc) is 3.25. The van der Waals surface area contributed by atoms with Crippen LogP contribution >= 0.6 is 0 Å². The van der Waals surface area contributed by atoms with Crippen LogP contribution in [0.3, 0.4) is 0 Å². The zero-order valence-corrected chi connectivity index (χ0v) is 19.8. The SMILES string of the molecule is C[C@@H](NC(=O)[C@H](Cc1cc2cc(F)ccc2[nH]1)n1c(=O)[nH]c2ccc(F)cc2c1=O)c1ccc(F)cc1F. The van der Waals surface area contributed by atoms with E-state index in [0.717, 1.165) is 18.2 Å². The highest BCUT2D eigenvalue weighted by Crippen LogP contribution is 2.23. The van der Waals surface area contributed by atoms with Crippen LogP contribution in [0.4, 0.5) is 17.6 Å². The molecule has 0 spiro atoms. The molecule has 0 saturated heterocycles. The van der Waals surface area contributed by atoms with Gasteiger partial charge in [0, 0.05) is 34.6 Å². The lowest BCUT2D eigenvalue weighted by Gasteiger charge is -2.22. The predicted molar refractivity (Wildman–Crippen MR) is 133 cm³/mol. The number of halogens is 4. The number of carbonyl (C=O) groups is 1. The molecule has 2 heterocycles. The number of nitrogens with zero attached hydrogens (tertiary/aromatic N) is 1. The summed E-state index contributed by atoms with van der Waals surface area (Å²) in [7, 11) is 0. The minimum Gasteiger partial charge on any atom is -0.358 e. The molecule has 5 rings (SSSR count). The zero-order valence-electron chi connectivity index (χ0n) is 19.8. The van der Waals surface area contributed by atoms with Gasteiger partial charge in [-0.3, -0.25) is 9.59 Å². The highest BCUT2D eigenvalue weighted by atomic mass is 19.1. The number of aromatic nitrogens is 3. The third kappa shape index (κ3) is 4.70. The Kier molecular flexibility index (Phi) is 6.35. The lowest BCUT2D eigenvalue weighted by Crippen LogP contribution is -2.46. The molecule has 0 aliphatic rings. The van der Waals surface area contributed by atoms with Crippen LogP contribution in [0.1, 0.15) is 30.3 Å². The van der Waals surface area contributed by atoms with E-state index in [1.165, 1.54) is 37.3 Å². The van der Waals surface area contributed by atoms with Gasteiger partial charge in [-0.1, -0.05) is 6.07 Å². The van der Waals surface area contributed by atoms with E-state index in [4.69, 9.17) is 0 Å². The number of H-pyrrole nitrogens is 2. The molecule has 11 heteroatoms. The summed E-state index contributed by atoms with van der Waals surface area (Å²) in [5.41, 5.74) is -0.801. The van der Waals surface area contributed by atoms with Gasteiger partial charge >= 0.3 is 5.69 Å². The van der Waals surface area contributed by atoms with E-state index in [-0.39, 0.29) is 22.9 Å².